The van der Waals surface area contributed by atoms with Gasteiger partial charge in [-0.15, -0.1) is 0 Å². The van der Waals surface area contributed by atoms with Gasteiger partial charge in [0.15, 0.2) is 0 Å². The fourth-order valence-electron chi connectivity index (χ4n) is 3.75. The summed E-state index contributed by atoms with van der Waals surface area (Å²) in [4.78, 5) is 2.57. The minimum atomic E-state index is -0.0331. The summed E-state index contributed by atoms with van der Waals surface area (Å²) in [5, 5.41) is 13.5. The Bertz CT molecular complexity index is 280. The predicted octanol–water partition coefficient (Wildman–Crippen LogP) is 1.71. The molecule has 1 aliphatic heterocycles. The van der Waals surface area contributed by atoms with E-state index in [-0.39, 0.29) is 6.10 Å². The van der Waals surface area contributed by atoms with Crippen LogP contribution in [-0.4, -0.2) is 48.3 Å². The number of aliphatic hydroxyl groups is 1. The SMILES string of the molecule is CCNC(C)C(C)(C)CN1CC2CCC(O)C2C1. The van der Waals surface area contributed by atoms with E-state index in [9.17, 15) is 5.11 Å². The number of hydrogen-bond acceptors (Lipinski definition) is 3. The van der Waals surface area contributed by atoms with Crippen molar-refractivity contribution in [3.8, 4) is 0 Å². The highest BCUT2D eigenvalue weighted by Crippen LogP contribution is 2.39. The molecule has 0 radical (unpaired) electrons. The lowest BCUT2D eigenvalue weighted by atomic mass is 9.84. The van der Waals surface area contributed by atoms with Crippen LogP contribution in [-0.2, 0) is 0 Å². The third-order valence-electron chi connectivity index (χ3n) is 5.21. The maximum absolute atomic E-state index is 9.97. The molecule has 2 aliphatic rings. The van der Waals surface area contributed by atoms with E-state index in [1.54, 1.807) is 0 Å². The van der Waals surface area contributed by atoms with Crippen molar-refractivity contribution in [2.45, 2.75) is 52.7 Å². The van der Waals surface area contributed by atoms with E-state index in [1.165, 1.54) is 13.0 Å². The molecule has 2 fully saturated rings. The number of hydrogen-bond donors (Lipinski definition) is 2. The number of likely N-dealkylation sites (tertiary alicyclic amines) is 1. The number of rotatable bonds is 5. The van der Waals surface area contributed by atoms with Crippen LogP contribution in [0.1, 0.15) is 40.5 Å². The number of aliphatic hydroxyl groups excluding tert-OH is 1. The molecule has 1 saturated heterocycles. The van der Waals surface area contributed by atoms with Crippen molar-refractivity contribution in [2.75, 3.05) is 26.2 Å². The second-order valence-corrected chi connectivity index (χ2v) is 7.03. The zero-order valence-electron chi connectivity index (χ0n) is 12.4. The molecule has 3 heteroatoms. The van der Waals surface area contributed by atoms with Gasteiger partial charge < -0.3 is 15.3 Å². The molecule has 1 aliphatic carbocycles. The molecule has 106 valence electrons. The van der Waals surface area contributed by atoms with Gasteiger partial charge in [0.25, 0.3) is 0 Å². The first-order chi connectivity index (χ1) is 8.44. The van der Waals surface area contributed by atoms with Gasteiger partial charge in [-0.25, -0.2) is 0 Å². The van der Waals surface area contributed by atoms with Crippen molar-refractivity contribution in [3.05, 3.63) is 0 Å². The molecule has 1 heterocycles. The molecule has 4 unspecified atom stereocenters. The smallest absolute Gasteiger partial charge is 0.0583 e. The Hall–Kier alpha value is -0.120. The Balaban J connectivity index is 1.87. The van der Waals surface area contributed by atoms with Crippen LogP contribution in [0.25, 0.3) is 0 Å². The third kappa shape index (κ3) is 2.89. The Kier molecular flexibility index (Phi) is 4.35. The fraction of sp³-hybridized carbons (Fsp3) is 1.00. The van der Waals surface area contributed by atoms with E-state index in [2.05, 4.69) is 37.9 Å². The van der Waals surface area contributed by atoms with Gasteiger partial charge >= 0.3 is 0 Å². The molecule has 0 bridgehead atoms. The Labute approximate surface area is 112 Å². The molecule has 1 saturated carbocycles. The Morgan fingerprint density at radius 1 is 1.33 bits per heavy atom. The van der Waals surface area contributed by atoms with Crippen molar-refractivity contribution in [1.29, 1.82) is 0 Å². The molecular formula is C15H30N2O. The summed E-state index contributed by atoms with van der Waals surface area (Å²) >= 11 is 0. The van der Waals surface area contributed by atoms with Crippen LogP contribution in [0.4, 0.5) is 0 Å². The van der Waals surface area contributed by atoms with Crippen molar-refractivity contribution >= 4 is 0 Å². The summed E-state index contributed by atoms with van der Waals surface area (Å²) in [5.74, 6) is 1.31. The van der Waals surface area contributed by atoms with Gasteiger partial charge in [-0.2, -0.15) is 0 Å². The standard InChI is InChI=1S/C15H30N2O/c1-5-16-11(2)15(3,4)10-17-8-12-6-7-14(18)13(12)9-17/h11-14,16,18H,5-10H2,1-4H3. The lowest BCUT2D eigenvalue weighted by molar-refractivity contribution is 0.111. The van der Waals surface area contributed by atoms with E-state index in [4.69, 9.17) is 0 Å². The molecule has 2 N–H and O–H groups in total. The summed E-state index contributed by atoms with van der Waals surface area (Å²) in [7, 11) is 0. The van der Waals surface area contributed by atoms with Crippen LogP contribution in [0.5, 0.6) is 0 Å². The van der Waals surface area contributed by atoms with E-state index < -0.39 is 0 Å². The van der Waals surface area contributed by atoms with Crippen molar-refractivity contribution in [2.24, 2.45) is 17.3 Å². The fourth-order valence-corrected chi connectivity index (χ4v) is 3.75. The first kappa shape index (κ1) is 14.3. The molecular weight excluding hydrogens is 224 g/mol. The van der Waals surface area contributed by atoms with E-state index >= 15 is 0 Å². The minimum absolute atomic E-state index is 0.0331. The van der Waals surface area contributed by atoms with E-state index in [0.29, 0.717) is 17.4 Å². The first-order valence-corrected chi connectivity index (χ1v) is 7.58. The molecule has 3 nitrogen and oxygen atoms in total. The lowest BCUT2D eigenvalue weighted by Crippen LogP contribution is -2.46. The van der Waals surface area contributed by atoms with Crippen molar-refractivity contribution in [3.63, 3.8) is 0 Å². The summed E-state index contributed by atoms with van der Waals surface area (Å²) in [6, 6.07) is 0.535. The normalized spacial score (nSPS) is 34.8. The number of nitrogens with one attached hydrogen (secondary N) is 1. The lowest BCUT2D eigenvalue weighted by Gasteiger charge is -2.36. The highest BCUT2D eigenvalue weighted by atomic mass is 16.3. The summed E-state index contributed by atoms with van der Waals surface area (Å²) < 4.78 is 0. The zero-order chi connectivity index (χ0) is 13.3. The monoisotopic (exact) mass is 254 g/mol. The first-order valence-electron chi connectivity index (χ1n) is 7.58. The van der Waals surface area contributed by atoms with Gasteiger partial charge in [-0.1, -0.05) is 20.8 Å². The second-order valence-electron chi connectivity index (χ2n) is 7.03. The molecule has 18 heavy (non-hydrogen) atoms. The average molecular weight is 254 g/mol. The maximum atomic E-state index is 9.97. The molecule has 2 rings (SSSR count). The van der Waals surface area contributed by atoms with E-state index in [1.807, 2.05) is 0 Å². The van der Waals surface area contributed by atoms with Crippen LogP contribution in [0, 0.1) is 17.3 Å². The molecule has 0 aromatic carbocycles. The number of nitrogens with zero attached hydrogens (tertiary/aromatic N) is 1. The quantitative estimate of drug-likeness (QED) is 0.784. The Morgan fingerprint density at radius 3 is 2.67 bits per heavy atom. The predicted molar refractivity (Wildman–Crippen MR) is 75.6 cm³/mol. The molecule has 0 aromatic heterocycles. The van der Waals surface area contributed by atoms with E-state index in [0.717, 1.165) is 32.0 Å². The van der Waals surface area contributed by atoms with Gasteiger partial charge in [0.2, 0.25) is 0 Å². The topological polar surface area (TPSA) is 35.5 Å². The van der Waals surface area contributed by atoms with Crippen LogP contribution in [0.3, 0.4) is 0 Å². The van der Waals surface area contributed by atoms with Crippen LogP contribution >= 0.6 is 0 Å². The van der Waals surface area contributed by atoms with Gasteiger partial charge in [-0.05, 0) is 37.6 Å². The molecule has 0 aromatic rings. The summed E-state index contributed by atoms with van der Waals surface area (Å²) in [6.45, 7) is 13.6. The van der Waals surface area contributed by atoms with Gasteiger partial charge in [0.1, 0.15) is 0 Å². The average Bonchev–Trinajstić information content (AvgIpc) is 2.81. The highest BCUT2D eigenvalue weighted by Gasteiger charge is 2.43. The number of fused-ring (bicyclic) bond motifs is 1. The van der Waals surface area contributed by atoms with Crippen molar-refractivity contribution in [1.82, 2.24) is 10.2 Å². The van der Waals surface area contributed by atoms with Gasteiger partial charge in [-0.3, -0.25) is 0 Å². The summed E-state index contributed by atoms with van der Waals surface area (Å²) in [6.07, 6.45) is 2.22. The minimum Gasteiger partial charge on any atom is -0.393 e. The highest BCUT2D eigenvalue weighted by molar-refractivity contribution is 4.95. The van der Waals surface area contributed by atoms with Crippen LogP contribution in [0.2, 0.25) is 0 Å². The third-order valence-corrected chi connectivity index (χ3v) is 5.21. The zero-order valence-corrected chi connectivity index (χ0v) is 12.4. The molecule has 0 amide bonds. The second kappa shape index (κ2) is 5.48. The molecule has 0 spiro atoms. The van der Waals surface area contributed by atoms with Crippen molar-refractivity contribution < 1.29 is 5.11 Å². The van der Waals surface area contributed by atoms with Gasteiger partial charge in [0, 0.05) is 31.6 Å². The molecule has 4 atom stereocenters. The maximum Gasteiger partial charge on any atom is 0.0583 e. The summed E-state index contributed by atoms with van der Waals surface area (Å²) in [5.41, 5.74) is 0.291. The van der Waals surface area contributed by atoms with Crippen LogP contribution in [0.15, 0.2) is 0 Å². The van der Waals surface area contributed by atoms with Crippen LogP contribution < -0.4 is 5.32 Å². The Morgan fingerprint density at radius 2 is 2.06 bits per heavy atom. The van der Waals surface area contributed by atoms with Gasteiger partial charge in [0.05, 0.1) is 6.10 Å². The largest absolute Gasteiger partial charge is 0.393 e.